The minimum Gasteiger partial charge on any atom is -0.493 e. The molecule has 1 aromatic carbocycles. The smallest absolute Gasteiger partial charge is 0.313 e. The molecule has 2 N–H and O–H groups in total. The van der Waals surface area contributed by atoms with E-state index in [2.05, 4.69) is 16.7 Å². The molecule has 0 fully saturated rings. The summed E-state index contributed by atoms with van der Waals surface area (Å²) >= 11 is 0. The Hall–Kier alpha value is -2.70. The lowest BCUT2D eigenvalue weighted by molar-refractivity contribution is -0.136. The van der Waals surface area contributed by atoms with Crippen molar-refractivity contribution in [2.75, 3.05) is 33.2 Å². The lowest BCUT2D eigenvalue weighted by Gasteiger charge is -2.15. The molecule has 0 unspecified atom stereocenters. The largest absolute Gasteiger partial charge is 0.493 e. The zero-order chi connectivity index (χ0) is 18.9. The van der Waals surface area contributed by atoms with Crippen molar-refractivity contribution in [2.24, 2.45) is 0 Å². The van der Waals surface area contributed by atoms with E-state index >= 15 is 0 Å². The molecule has 0 heterocycles. The second kappa shape index (κ2) is 9.70. The summed E-state index contributed by atoms with van der Waals surface area (Å²) in [5, 5.41) is 5.20. The first kappa shape index (κ1) is 19.6. The number of anilines is 1. The third-order valence-corrected chi connectivity index (χ3v) is 4.25. The highest BCUT2D eigenvalue weighted by Crippen LogP contribution is 2.39. The molecule has 0 atom stereocenters. The molecule has 7 nitrogen and oxygen atoms in total. The van der Waals surface area contributed by atoms with E-state index in [0.717, 1.165) is 19.3 Å². The van der Waals surface area contributed by atoms with Gasteiger partial charge in [0, 0.05) is 24.4 Å². The van der Waals surface area contributed by atoms with Crippen LogP contribution in [0.4, 0.5) is 5.69 Å². The van der Waals surface area contributed by atoms with E-state index in [1.807, 2.05) is 0 Å². The van der Waals surface area contributed by atoms with Gasteiger partial charge in [0.25, 0.3) is 0 Å². The van der Waals surface area contributed by atoms with Crippen LogP contribution in [0, 0.1) is 0 Å². The van der Waals surface area contributed by atoms with E-state index in [0.29, 0.717) is 29.5 Å². The molecular weight excluding hydrogens is 336 g/mol. The van der Waals surface area contributed by atoms with Crippen molar-refractivity contribution in [1.82, 2.24) is 5.32 Å². The van der Waals surface area contributed by atoms with Gasteiger partial charge in [-0.15, -0.1) is 0 Å². The molecule has 26 heavy (non-hydrogen) atoms. The van der Waals surface area contributed by atoms with Gasteiger partial charge in [-0.25, -0.2) is 0 Å². The summed E-state index contributed by atoms with van der Waals surface area (Å²) in [4.78, 5) is 24.1. The summed E-state index contributed by atoms with van der Waals surface area (Å²) in [5.74, 6) is -0.205. The Morgan fingerprint density at radius 2 is 1.69 bits per heavy atom. The first-order chi connectivity index (χ1) is 12.6. The number of amides is 2. The van der Waals surface area contributed by atoms with E-state index < -0.39 is 11.8 Å². The molecule has 0 aromatic heterocycles. The van der Waals surface area contributed by atoms with Crippen LogP contribution in [-0.2, 0) is 9.59 Å². The Labute approximate surface area is 153 Å². The molecule has 0 saturated carbocycles. The van der Waals surface area contributed by atoms with Gasteiger partial charge in [0.2, 0.25) is 5.75 Å². The summed E-state index contributed by atoms with van der Waals surface area (Å²) in [6.45, 7) is 0.452. The van der Waals surface area contributed by atoms with Crippen LogP contribution in [-0.4, -0.2) is 39.7 Å². The highest BCUT2D eigenvalue weighted by molar-refractivity contribution is 6.39. The van der Waals surface area contributed by atoms with Crippen LogP contribution in [0.1, 0.15) is 32.1 Å². The first-order valence-electron chi connectivity index (χ1n) is 8.66. The van der Waals surface area contributed by atoms with Crippen molar-refractivity contribution < 1.29 is 23.8 Å². The third kappa shape index (κ3) is 5.15. The van der Waals surface area contributed by atoms with Gasteiger partial charge < -0.3 is 24.8 Å². The number of carbonyl (C=O) groups excluding carboxylic acids is 2. The van der Waals surface area contributed by atoms with Crippen LogP contribution in [0.5, 0.6) is 17.2 Å². The van der Waals surface area contributed by atoms with Crippen LogP contribution in [0.25, 0.3) is 0 Å². The second-order valence-electron chi connectivity index (χ2n) is 5.98. The highest BCUT2D eigenvalue weighted by atomic mass is 16.5. The second-order valence-corrected chi connectivity index (χ2v) is 5.98. The Bertz CT molecular complexity index is 660. The molecule has 2 amide bonds. The van der Waals surface area contributed by atoms with Crippen LogP contribution >= 0.6 is 0 Å². The molecule has 0 saturated heterocycles. The fraction of sp³-hybridized carbons (Fsp3) is 0.474. The molecule has 2 rings (SSSR count). The molecular formula is C19H26N2O5. The summed E-state index contributed by atoms with van der Waals surface area (Å²) in [5.41, 5.74) is 1.73. The monoisotopic (exact) mass is 362 g/mol. The number of rotatable bonds is 7. The van der Waals surface area contributed by atoms with Crippen molar-refractivity contribution in [3.05, 3.63) is 23.8 Å². The van der Waals surface area contributed by atoms with E-state index in [1.54, 1.807) is 12.1 Å². The normalized spacial score (nSPS) is 13.4. The number of ether oxygens (including phenoxy) is 3. The SMILES string of the molecule is COc1cc(NC(=O)C(=O)NCCC2=CCCCC2)cc(OC)c1OC. The van der Waals surface area contributed by atoms with Gasteiger partial charge in [-0.05, 0) is 32.1 Å². The number of hydrogen-bond donors (Lipinski definition) is 2. The average Bonchev–Trinajstić information content (AvgIpc) is 2.67. The molecule has 1 aliphatic rings. The number of benzene rings is 1. The van der Waals surface area contributed by atoms with E-state index in [4.69, 9.17) is 14.2 Å². The van der Waals surface area contributed by atoms with Crippen LogP contribution in [0.15, 0.2) is 23.8 Å². The first-order valence-corrected chi connectivity index (χ1v) is 8.66. The minimum absolute atomic E-state index is 0.384. The van der Waals surface area contributed by atoms with Gasteiger partial charge in [-0.2, -0.15) is 0 Å². The van der Waals surface area contributed by atoms with E-state index in [1.165, 1.54) is 39.7 Å². The van der Waals surface area contributed by atoms with Crippen molar-refractivity contribution in [1.29, 1.82) is 0 Å². The Morgan fingerprint density at radius 1 is 1.00 bits per heavy atom. The minimum atomic E-state index is -0.739. The Morgan fingerprint density at radius 3 is 2.23 bits per heavy atom. The quantitative estimate of drug-likeness (QED) is 0.575. The van der Waals surface area contributed by atoms with Crippen molar-refractivity contribution in [3.63, 3.8) is 0 Å². The summed E-state index contributed by atoms with van der Waals surface area (Å²) in [7, 11) is 4.46. The number of hydrogen-bond acceptors (Lipinski definition) is 5. The molecule has 1 aromatic rings. The van der Waals surface area contributed by atoms with Crippen LogP contribution < -0.4 is 24.8 Å². The van der Waals surface area contributed by atoms with Gasteiger partial charge in [0.05, 0.1) is 21.3 Å². The fourth-order valence-electron chi connectivity index (χ4n) is 2.89. The Kier molecular flexibility index (Phi) is 7.32. The van der Waals surface area contributed by atoms with Crippen LogP contribution in [0.3, 0.4) is 0 Å². The molecule has 142 valence electrons. The molecule has 0 radical (unpaired) electrons. The number of methoxy groups -OCH3 is 3. The van der Waals surface area contributed by atoms with Crippen molar-refractivity contribution in [3.8, 4) is 17.2 Å². The van der Waals surface area contributed by atoms with E-state index in [-0.39, 0.29) is 0 Å². The van der Waals surface area contributed by atoms with Crippen molar-refractivity contribution in [2.45, 2.75) is 32.1 Å². The van der Waals surface area contributed by atoms with Gasteiger partial charge in [-0.3, -0.25) is 9.59 Å². The van der Waals surface area contributed by atoms with Crippen molar-refractivity contribution >= 4 is 17.5 Å². The summed E-state index contributed by atoms with van der Waals surface area (Å²) < 4.78 is 15.7. The zero-order valence-corrected chi connectivity index (χ0v) is 15.5. The standard InChI is InChI=1S/C19H26N2O5/c1-24-15-11-14(12-16(25-2)17(15)26-3)21-19(23)18(22)20-10-9-13-7-5-4-6-8-13/h7,11-12H,4-6,8-10H2,1-3H3,(H,20,22)(H,21,23). The lowest BCUT2D eigenvalue weighted by Crippen LogP contribution is -2.36. The highest BCUT2D eigenvalue weighted by Gasteiger charge is 2.18. The molecule has 7 heteroatoms. The average molecular weight is 362 g/mol. The Balaban J connectivity index is 1.93. The maximum Gasteiger partial charge on any atom is 0.313 e. The summed E-state index contributed by atoms with van der Waals surface area (Å²) in [6, 6.07) is 3.14. The van der Waals surface area contributed by atoms with Gasteiger partial charge in [-0.1, -0.05) is 11.6 Å². The van der Waals surface area contributed by atoms with Gasteiger partial charge >= 0.3 is 11.8 Å². The third-order valence-electron chi connectivity index (χ3n) is 4.25. The maximum absolute atomic E-state index is 12.1. The topological polar surface area (TPSA) is 85.9 Å². The molecule has 0 bridgehead atoms. The number of carbonyl (C=O) groups is 2. The zero-order valence-electron chi connectivity index (χ0n) is 15.5. The maximum atomic E-state index is 12.1. The number of allylic oxidation sites excluding steroid dienone is 1. The molecule has 0 spiro atoms. The van der Waals surface area contributed by atoms with Gasteiger partial charge in [0.15, 0.2) is 11.5 Å². The van der Waals surface area contributed by atoms with Gasteiger partial charge in [0.1, 0.15) is 0 Å². The van der Waals surface area contributed by atoms with Crippen LogP contribution in [0.2, 0.25) is 0 Å². The predicted molar refractivity (Wildman–Crippen MR) is 98.9 cm³/mol. The fourth-order valence-corrected chi connectivity index (χ4v) is 2.89. The lowest BCUT2D eigenvalue weighted by atomic mass is 9.97. The number of nitrogens with one attached hydrogen (secondary N) is 2. The summed E-state index contributed by atoms with van der Waals surface area (Å²) in [6.07, 6.45) is 7.61. The van der Waals surface area contributed by atoms with E-state index in [9.17, 15) is 9.59 Å². The molecule has 1 aliphatic carbocycles. The predicted octanol–water partition coefficient (Wildman–Crippen LogP) is 2.66. The molecule has 0 aliphatic heterocycles.